The van der Waals surface area contributed by atoms with Gasteiger partial charge >= 0.3 is 0 Å². The van der Waals surface area contributed by atoms with Gasteiger partial charge in [0.15, 0.2) is 0 Å². The van der Waals surface area contributed by atoms with E-state index in [1.54, 1.807) is 28.6 Å². The number of piperidine rings is 1. The molecule has 0 amide bonds. The fourth-order valence-electron chi connectivity index (χ4n) is 4.96. The lowest BCUT2D eigenvalue weighted by Gasteiger charge is -2.29. The Morgan fingerprint density at radius 2 is 1.80 bits per heavy atom. The molecule has 2 atom stereocenters. The van der Waals surface area contributed by atoms with Crippen LogP contribution in [0.15, 0.2) is 53.4 Å². The number of anilines is 1. The quantitative estimate of drug-likeness (QED) is 0.772. The van der Waals surface area contributed by atoms with Crippen LogP contribution in [0.2, 0.25) is 0 Å². The van der Waals surface area contributed by atoms with E-state index in [0.29, 0.717) is 23.4 Å². The van der Waals surface area contributed by atoms with Gasteiger partial charge < -0.3 is 10.2 Å². The van der Waals surface area contributed by atoms with Crippen molar-refractivity contribution < 1.29 is 8.42 Å². The minimum Gasteiger partial charge on any atom is -0.313 e. The Hall–Kier alpha value is -1.89. The summed E-state index contributed by atoms with van der Waals surface area (Å²) in [7, 11) is -1.28. The van der Waals surface area contributed by atoms with E-state index in [2.05, 4.69) is 29.4 Å². The van der Waals surface area contributed by atoms with E-state index in [4.69, 9.17) is 0 Å². The van der Waals surface area contributed by atoms with Crippen molar-refractivity contribution in [3.05, 3.63) is 59.7 Å². The van der Waals surface area contributed by atoms with Crippen LogP contribution in [-0.2, 0) is 16.4 Å². The summed E-state index contributed by atoms with van der Waals surface area (Å²) >= 11 is 0. The molecule has 1 saturated heterocycles. The topological polar surface area (TPSA) is 52.6 Å². The van der Waals surface area contributed by atoms with Crippen LogP contribution >= 0.6 is 0 Å². The van der Waals surface area contributed by atoms with Crippen LogP contribution in [0.25, 0.3) is 0 Å². The summed E-state index contributed by atoms with van der Waals surface area (Å²) in [5.74, 6) is 1.38. The number of fused-ring (bicyclic) bond motifs is 1. The van der Waals surface area contributed by atoms with E-state index >= 15 is 0 Å². The maximum absolute atomic E-state index is 13.0. The van der Waals surface area contributed by atoms with Crippen LogP contribution in [0.3, 0.4) is 0 Å². The molecule has 2 unspecified atom stereocenters. The van der Waals surface area contributed by atoms with Crippen molar-refractivity contribution >= 4 is 15.7 Å². The average Bonchev–Trinajstić information content (AvgIpc) is 3.42. The van der Waals surface area contributed by atoms with Crippen molar-refractivity contribution in [2.75, 3.05) is 37.5 Å². The van der Waals surface area contributed by atoms with Crippen molar-refractivity contribution in [1.29, 1.82) is 0 Å². The van der Waals surface area contributed by atoms with Crippen LogP contribution in [0, 0.1) is 5.92 Å². The molecular weight excluding hydrogens is 394 g/mol. The van der Waals surface area contributed by atoms with Crippen molar-refractivity contribution in [3.8, 4) is 0 Å². The zero-order valence-electron chi connectivity index (χ0n) is 17.6. The molecule has 2 heterocycles. The first-order valence-corrected chi connectivity index (χ1v) is 12.6. The standard InChI is InChI=1S/C24H31N3O2S/c1-26-12-9-18(10-13-26)17-25-23-16-22(23)19-7-8-24-20(15-19)11-14-27(24)30(28,29)21-5-3-2-4-6-21/h2-8,15,18,22-23,25H,9-14,16-17H2,1H3. The second-order valence-electron chi connectivity index (χ2n) is 9.13. The maximum atomic E-state index is 13.0. The highest BCUT2D eigenvalue weighted by atomic mass is 32.2. The molecule has 30 heavy (non-hydrogen) atoms. The van der Waals surface area contributed by atoms with Gasteiger partial charge in [-0.05, 0) is 87.6 Å². The van der Waals surface area contributed by atoms with Crippen LogP contribution in [0.1, 0.15) is 36.3 Å². The first-order valence-electron chi connectivity index (χ1n) is 11.1. The fourth-order valence-corrected chi connectivity index (χ4v) is 6.49. The second kappa shape index (κ2) is 7.98. The van der Waals surface area contributed by atoms with Crippen LogP contribution < -0.4 is 9.62 Å². The van der Waals surface area contributed by atoms with Gasteiger partial charge in [-0.25, -0.2) is 8.42 Å². The van der Waals surface area contributed by atoms with Gasteiger partial charge in [-0.2, -0.15) is 0 Å². The summed E-state index contributed by atoms with van der Waals surface area (Å²) in [5.41, 5.74) is 3.36. The summed E-state index contributed by atoms with van der Waals surface area (Å²) in [4.78, 5) is 2.78. The molecule has 160 valence electrons. The summed E-state index contributed by atoms with van der Waals surface area (Å²) in [6, 6.07) is 15.7. The molecule has 2 aromatic carbocycles. The van der Waals surface area contributed by atoms with Gasteiger partial charge in [0, 0.05) is 18.5 Å². The van der Waals surface area contributed by atoms with Gasteiger partial charge in [-0.1, -0.05) is 30.3 Å². The van der Waals surface area contributed by atoms with Gasteiger partial charge in [0.25, 0.3) is 10.0 Å². The molecule has 0 bridgehead atoms. The summed E-state index contributed by atoms with van der Waals surface area (Å²) in [6.45, 7) is 4.09. The Balaban J connectivity index is 1.23. The molecular formula is C24H31N3O2S. The predicted molar refractivity (Wildman–Crippen MR) is 120 cm³/mol. The minimum absolute atomic E-state index is 0.363. The van der Waals surface area contributed by atoms with Crippen molar-refractivity contribution in [2.24, 2.45) is 5.92 Å². The van der Waals surface area contributed by atoms with E-state index in [0.717, 1.165) is 30.1 Å². The Bertz CT molecular complexity index is 1000. The number of likely N-dealkylation sites (tertiary alicyclic amines) is 1. The molecule has 1 aliphatic carbocycles. The first-order chi connectivity index (χ1) is 14.5. The molecule has 0 radical (unpaired) electrons. The number of hydrogen-bond donors (Lipinski definition) is 1. The highest BCUT2D eigenvalue weighted by Gasteiger charge is 2.39. The minimum atomic E-state index is -3.49. The molecule has 2 aliphatic heterocycles. The lowest BCUT2D eigenvalue weighted by molar-refractivity contribution is 0.215. The second-order valence-corrected chi connectivity index (χ2v) is 11.0. The predicted octanol–water partition coefficient (Wildman–Crippen LogP) is 3.23. The van der Waals surface area contributed by atoms with Gasteiger partial charge in [-0.3, -0.25) is 4.31 Å². The number of sulfonamides is 1. The Kier molecular flexibility index (Phi) is 5.33. The first kappa shape index (κ1) is 20.0. The number of hydrogen-bond acceptors (Lipinski definition) is 4. The Labute approximate surface area is 180 Å². The molecule has 3 aliphatic rings. The van der Waals surface area contributed by atoms with E-state index in [-0.39, 0.29) is 0 Å². The Morgan fingerprint density at radius 3 is 2.57 bits per heavy atom. The summed E-state index contributed by atoms with van der Waals surface area (Å²) in [6.07, 6.45) is 4.57. The van der Waals surface area contributed by atoms with Crippen molar-refractivity contribution in [1.82, 2.24) is 10.2 Å². The van der Waals surface area contributed by atoms with Crippen LogP contribution in [0.5, 0.6) is 0 Å². The van der Waals surface area contributed by atoms with E-state index in [1.807, 2.05) is 12.1 Å². The normalized spacial score (nSPS) is 24.8. The largest absolute Gasteiger partial charge is 0.313 e. The van der Waals surface area contributed by atoms with E-state index < -0.39 is 10.0 Å². The van der Waals surface area contributed by atoms with E-state index in [9.17, 15) is 8.42 Å². The zero-order valence-corrected chi connectivity index (χ0v) is 18.4. The highest BCUT2D eigenvalue weighted by molar-refractivity contribution is 7.92. The molecule has 0 aromatic heterocycles. The summed E-state index contributed by atoms with van der Waals surface area (Å²) in [5, 5.41) is 3.79. The number of rotatable bonds is 6. The van der Waals surface area contributed by atoms with Crippen LogP contribution in [0.4, 0.5) is 5.69 Å². The molecule has 2 fully saturated rings. The lowest BCUT2D eigenvalue weighted by Crippen LogP contribution is -2.35. The van der Waals surface area contributed by atoms with Gasteiger partial charge in [0.2, 0.25) is 0 Å². The zero-order chi connectivity index (χ0) is 20.7. The number of benzene rings is 2. The van der Waals surface area contributed by atoms with Crippen LogP contribution in [-0.4, -0.2) is 52.6 Å². The summed E-state index contributed by atoms with van der Waals surface area (Å²) < 4.78 is 27.7. The molecule has 5 nitrogen and oxygen atoms in total. The molecule has 1 saturated carbocycles. The Morgan fingerprint density at radius 1 is 1.03 bits per heavy atom. The fraction of sp³-hybridized carbons (Fsp3) is 0.500. The molecule has 2 aromatic rings. The molecule has 5 rings (SSSR count). The SMILES string of the molecule is CN1CCC(CNC2CC2c2ccc3c(c2)CCN3S(=O)(=O)c2ccccc2)CC1. The third kappa shape index (κ3) is 3.88. The molecule has 6 heteroatoms. The number of nitrogens with one attached hydrogen (secondary N) is 1. The monoisotopic (exact) mass is 425 g/mol. The van der Waals surface area contributed by atoms with Crippen molar-refractivity contribution in [3.63, 3.8) is 0 Å². The molecule has 0 spiro atoms. The smallest absolute Gasteiger partial charge is 0.264 e. The maximum Gasteiger partial charge on any atom is 0.264 e. The van der Waals surface area contributed by atoms with Gasteiger partial charge in [0.1, 0.15) is 0 Å². The third-order valence-electron chi connectivity index (χ3n) is 7.01. The van der Waals surface area contributed by atoms with Gasteiger partial charge in [-0.15, -0.1) is 0 Å². The van der Waals surface area contributed by atoms with Crippen molar-refractivity contribution in [2.45, 2.75) is 42.5 Å². The molecule has 1 N–H and O–H groups in total. The average molecular weight is 426 g/mol. The third-order valence-corrected chi connectivity index (χ3v) is 8.84. The number of nitrogens with zero attached hydrogens (tertiary/aromatic N) is 2. The lowest BCUT2D eigenvalue weighted by atomic mass is 9.97. The highest BCUT2D eigenvalue weighted by Crippen LogP contribution is 2.43. The van der Waals surface area contributed by atoms with E-state index in [1.165, 1.54) is 37.9 Å². The van der Waals surface area contributed by atoms with Gasteiger partial charge in [0.05, 0.1) is 10.6 Å².